The molecule has 3 nitrogen and oxygen atoms in total. The number of hydrogen-bond acceptors (Lipinski definition) is 2. The number of hydrogen-bond donors (Lipinski definition) is 2. The first-order valence-corrected chi connectivity index (χ1v) is 5.69. The molecule has 0 radical (unpaired) electrons. The molecular weight excluding hydrogens is 277 g/mol. The Labute approximate surface area is 101 Å². The van der Waals surface area contributed by atoms with E-state index in [2.05, 4.69) is 15.9 Å². The molecule has 0 spiro atoms. The van der Waals surface area contributed by atoms with Crippen LogP contribution in [0.3, 0.4) is 0 Å². The van der Waals surface area contributed by atoms with Crippen molar-refractivity contribution in [1.29, 1.82) is 0 Å². The first-order valence-electron chi connectivity index (χ1n) is 4.90. The number of nitrogens with two attached hydrogens (primary N) is 1. The summed E-state index contributed by atoms with van der Waals surface area (Å²) < 4.78 is 13.4. The fraction of sp³-hybridized carbons (Fsp3) is 0.364. The summed E-state index contributed by atoms with van der Waals surface area (Å²) in [6.07, 6.45) is 0.806. The third-order valence-corrected chi connectivity index (χ3v) is 3.71. The van der Waals surface area contributed by atoms with E-state index in [1.54, 1.807) is 0 Å². The highest BCUT2D eigenvalue weighted by Crippen LogP contribution is 2.44. The van der Waals surface area contributed by atoms with Crippen molar-refractivity contribution < 1.29 is 14.3 Å². The van der Waals surface area contributed by atoms with E-state index in [4.69, 9.17) is 5.73 Å². The zero-order valence-electron chi connectivity index (χ0n) is 8.41. The zero-order valence-corrected chi connectivity index (χ0v) is 10.00. The molecule has 3 N–H and O–H groups in total. The van der Waals surface area contributed by atoms with Crippen LogP contribution in [0.5, 0.6) is 0 Å². The molecule has 1 fully saturated rings. The maximum atomic E-state index is 13.1. The van der Waals surface area contributed by atoms with Crippen molar-refractivity contribution in [3.8, 4) is 0 Å². The topological polar surface area (TPSA) is 63.3 Å². The van der Waals surface area contributed by atoms with Crippen LogP contribution in [0, 0.1) is 5.82 Å². The number of halogens is 2. The van der Waals surface area contributed by atoms with Crippen molar-refractivity contribution in [2.45, 2.75) is 24.3 Å². The van der Waals surface area contributed by atoms with E-state index in [1.165, 1.54) is 18.2 Å². The fourth-order valence-corrected chi connectivity index (χ4v) is 2.54. The number of carboxylic acids is 1. The predicted octanol–water partition coefficient (Wildman–Crippen LogP) is 2.03. The number of rotatable bonds is 2. The van der Waals surface area contributed by atoms with E-state index in [0.717, 1.165) is 0 Å². The fourth-order valence-electron chi connectivity index (χ4n) is 2.16. The molecule has 1 aromatic carbocycles. The molecule has 1 aliphatic carbocycles. The Bertz CT molecular complexity index is 444. The highest BCUT2D eigenvalue weighted by Gasteiger charge is 2.50. The lowest BCUT2D eigenvalue weighted by atomic mass is 9.62. The van der Waals surface area contributed by atoms with E-state index >= 15 is 0 Å². The first kappa shape index (κ1) is 11.5. The molecule has 0 amide bonds. The average Bonchev–Trinajstić information content (AvgIpc) is 2.17. The molecule has 86 valence electrons. The monoisotopic (exact) mass is 287 g/mol. The van der Waals surface area contributed by atoms with Crippen LogP contribution >= 0.6 is 15.9 Å². The molecule has 16 heavy (non-hydrogen) atoms. The van der Waals surface area contributed by atoms with Crippen molar-refractivity contribution >= 4 is 21.9 Å². The largest absolute Gasteiger partial charge is 0.481 e. The summed E-state index contributed by atoms with van der Waals surface area (Å²) in [7, 11) is 0. The van der Waals surface area contributed by atoms with E-state index in [1.807, 2.05) is 0 Å². The van der Waals surface area contributed by atoms with E-state index in [0.29, 0.717) is 18.4 Å². The Kier molecular flexibility index (Phi) is 2.75. The lowest BCUT2D eigenvalue weighted by molar-refractivity contribution is -0.148. The molecule has 1 aromatic rings. The Morgan fingerprint density at radius 1 is 1.56 bits per heavy atom. The molecular formula is C11H11BrFNO2. The SMILES string of the molecule is NC1CC(C(=O)O)(c2ccc(F)c(Br)c2)C1. The van der Waals surface area contributed by atoms with E-state index < -0.39 is 17.2 Å². The predicted molar refractivity (Wildman–Crippen MR) is 60.6 cm³/mol. The third-order valence-electron chi connectivity index (χ3n) is 3.10. The number of carboxylic acid groups (broad SMARTS) is 1. The van der Waals surface area contributed by atoms with Crippen LogP contribution in [0.25, 0.3) is 0 Å². The highest BCUT2D eigenvalue weighted by atomic mass is 79.9. The quantitative estimate of drug-likeness (QED) is 0.875. The van der Waals surface area contributed by atoms with Crippen molar-refractivity contribution in [3.05, 3.63) is 34.1 Å². The van der Waals surface area contributed by atoms with Crippen molar-refractivity contribution in [3.63, 3.8) is 0 Å². The van der Waals surface area contributed by atoms with Gasteiger partial charge in [0, 0.05) is 6.04 Å². The van der Waals surface area contributed by atoms with Gasteiger partial charge in [-0.05, 0) is 46.5 Å². The summed E-state index contributed by atoms with van der Waals surface area (Å²) in [5.74, 6) is -1.29. The van der Waals surface area contributed by atoms with Gasteiger partial charge in [0.15, 0.2) is 0 Å². The van der Waals surface area contributed by atoms with Crippen LogP contribution in [-0.2, 0) is 10.2 Å². The molecule has 0 saturated heterocycles. The van der Waals surface area contributed by atoms with Crippen molar-refractivity contribution in [2.75, 3.05) is 0 Å². The van der Waals surface area contributed by atoms with Gasteiger partial charge in [-0.3, -0.25) is 4.79 Å². The molecule has 0 bridgehead atoms. The Morgan fingerprint density at radius 2 is 2.19 bits per heavy atom. The first-order chi connectivity index (χ1) is 7.45. The molecule has 0 heterocycles. The number of benzene rings is 1. The van der Waals surface area contributed by atoms with Gasteiger partial charge in [-0.1, -0.05) is 6.07 Å². The minimum absolute atomic E-state index is 0.0834. The highest BCUT2D eigenvalue weighted by molar-refractivity contribution is 9.10. The standard InChI is InChI=1S/C11H11BrFNO2/c12-8-3-6(1-2-9(8)13)11(10(15)16)4-7(14)5-11/h1-3,7H,4-5,14H2,(H,15,16). The summed E-state index contributed by atoms with van der Waals surface area (Å²) in [6.45, 7) is 0. The van der Waals surface area contributed by atoms with Crippen LogP contribution in [0.15, 0.2) is 22.7 Å². The van der Waals surface area contributed by atoms with E-state index in [9.17, 15) is 14.3 Å². The number of aliphatic carboxylic acids is 1. The second-order valence-electron chi connectivity index (χ2n) is 4.18. The van der Waals surface area contributed by atoms with Gasteiger partial charge in [0.25, 0.3) is 0 Å². The molecule has 0 atom stereocenters. The van der Waals surface area contributed by atoms with Crippen LogP contribution in [0.4, 0.5) is 4.39 Å². The molecule has 0 aliphatic heterocycles. The molecule has 2 rings (SSSR count). The summed E-state index contributed by atoms with van der Waals surface area (Å²) in [6, 6.07) is 4.23. The Balaban J connectivity index is 2.41. The normalized spacial score (nSPS) is 28.6. The maximum absolute atomic E-state index is 13.1. The summed E-state index contributed by atoms with van der Waals surface area (Å²) in [5.41, 5.74) is 5.32. The van der Waals surface area contributed by atoms with Gasteiger partial charge in [-0.25, -0.2) is 4.39 Å². The van der Waals surface area contributed by atoms with Gasteiger partial charge >= 0.3 is 5.97 Å². The second-order valence-corrected chi connectivity index (χ2v) is 5.04. The summed E-state index contributed by atoms with van der Waals surface area (Å²) in [4.78, 5) is 11.3. The van der Waals surface area contributed by atoms with Crippen molar-refractivity contribution in [2.24, 2.45) is 5.73 Å². The molecule has 0 unspecified atom stereocenters. The smallest absolute Gasteiger partial charge is 0.314 e. The minimum atomic E-state index is -0.935. The van der Waals surface area contributed by atoms with Crippen LogP contribution in [0.1, 0.15) is 18.4 Å². The molecule has 1 saturated carbocycles. The molecule has 0 aromatic heterocycles. The molecule has 1 aliphatic rings. The van der Waals surface area contributed by atoms with Gasteiger partial charge in [0.2, 0.25) is 0 Å². The lowest BCUT2D eigenvalue weighted by Crippen LogP contribution is -2.54. The molecule has 5 heteroatoms. The maximum Gasteiger partial charge on any atom is 0.314 e. The lowest BCUT2D eigenvalue weighted by Gasteiger charge is -2.43. The zero-order chi connectivity index (χ0) is 11.9. The summed E-state index contributed by atoms with van der Waals surface area (Å²) in [5, 5.41) is 9.25. The van der Waals surface area contributed by atoms with Gasteiger partial charge < -0.3 is 10.8 Å². The van der Waals surface area contributed by atoms with Crippen LogP contribution < -0.4 is 5.73 Å². The van der Waals surface area contributed by atoms with Gasteiger partial charge in [-0.2, -0.15) is 0 Å². The van der Waals surface area contributed by atoms with E-state index in [-0.39, 0.29) is 10.5 Å². The van der Waals surface area contributed by atoms with Gasteiger partial charge in [-0.15, -0.1) is 0 Å². The van der Waals surface area contributed by atoms with Gasteiger partial charge in [0.05, 0.1) is 9.89 Å². The second kappa shape index (κ2) is 3.82. The van der Waals surface area contributed by atoms with Crippen LogP contribution in [-0.4, -0.2) is 17.1 Å². The van der Waals surface area contributed by atoms with Crippen molar-refractivity contribution in [1.82, 2.24) is 0 Å². The number of carbonyl (C=O) groups is 1. The average molecular weight is 288 g/mol. The minimum Gasteiger partial charge on any atom is -0.481 e. The summed E-state index contributed by atoms with van der Waals surface area (Å²) >= 11 is 3.06. The Morgan fingerprint density at radius 3 is 2.62 bits per heavy atom. The van der Waals surface area contributed by atoms with Crippen LogP contribution in [0.2, 0.25) is 0 Å². The van der Waals surface area contributed by atoms with Gasteiger partial charge in [0.1, 0.15) is 5.82 Å². The third kappa shape index (κ3) is 1.64. The Hall–Kier alpha value is -0.940.